The van der Waals surface area contributed by atoms with Crippen molar-refractivity contribution in [2.24, 2.45) is 0 Å². The number of thiophene rings is 1. The van der Waals surface area contributed by atoms with Crippen LogP contribution in [0.25, 0.3) is 10.2 Å². The molecule has 3 aromatic rings. The Balaban J connectivity index is 1.53. The lowest BCUT2D eigenvalue weighted by Crippen LogP contribution is -2.44. The van der Waals surface area contributed by atoms with E-state index in [4.69, 9.17) is 9.72 Å². The van der Waals surface area contributed by atoms with Gasteiger partial charge in [-0.2, -0.15) is 0 Å². The first kappa shape index (κ1) is 17.0. The number of hydrogen-bond acceptors (Lipinski definition) is 7. The molecular formula is C17H16BrN3O2S2. The van der Waals surface area contributed by atoms with Crippen LogP contribution < -0.4 is 9.64 Å². The molecule has 0 radical (unpaired) electrons. The third-order valence-electron chi connectivity index (χ3n) is 4.11. The second-order valence-electron chi connectivity index (χ2n) is 5.91. The number of ether oxygens (including phenoxy) is 1. The van der Waals surface area contributed by atoms with Crippen molar-refractivity contribution in [2.45, 2.75) is 0 Å². The lowest BCUT2D eigenvalue weighted by molar-refractivity contribution is 0.0740. The first-order chi connectivity index (χ1) is 12.1. The lowest BCUT2D eigenvalue weighted by Gasteiger charge is -2.31. The first-order valence-corrected chi connectivity index (χ1v) is 10.3. The summed E-state index contributed by atoms with van der Waals surface area (Å²) in [7, 11) is 2.14. The summed E-state index contributed by atoms with van der Waals surface area (Å²) < 4.78 is 7.45. The number of piperazine rings is 1. The Morgan fingerprint density at radius 2 is 1.96 bits per heavy atom. The third-order valence-corrected chi connectivity index (χ3v) is 6.79. The summed E-state index contributed by atoms with van der Waals surface area (Å²) in [5, 5.41) is 1.04. The summed E-state index contributed by atoms with van der Waals surface area (Å²) in [6, 6.07) is 9.21. The van der Waals surface area contributed by atoms with Gasteiger partial charge in [0.05, 0.1) is 14.0 Å². The van der Waals surface area contributed by atoms with E-state index in [1.54, 1.807) is 23.5 Å². The largest absolute Gasteiger partial charge is 0.422 e. The van der Waals surface area contributed by atoms with Crippen LogP contribution in [-0.2, 0) is 0 Å². The SMILES string of the molecule is CN1CCN(c2nc3ccc(OC(=O)c4ccc(Br)s4)cc3s2)CC1. The molecule has 3 heterocycles. The molecule has 1 saturated heterocycles. The van der Waals surface area contributed by atoms with Crippen LogP contribution in [0.15, 0.2) is 34.1 Å². The summed E-state index contributed by atoms with van der Waals surface area (Å²) >= 11 is 6.37. The molecule has 5 nitrogen and oxygen atoms in total. The number of esters is 1. The zero-order chi connectivity index (χ0) is 17.4. The standard InChI is InChI=1S/C17H16BrN3O2S2/c1-20-6-8-21(9-7-20)17-19-12-3-2-11(10-14(12)25-17)23-16(22)13-4-5-15(18)24-13/h2-5,10H,6-9H2,1H3. The Bertz CT molecular complexity index is 916. The van der Waals surface area contributed by atoms with E-state index in [2.05, 4.69) is 32.8 Å². The van der Waals surface area contributed by atoms with Crippen LogP contribution in [0.1, 0.15) is 9.67 Å². The lowest BCUT2D eigenvalue weighted by atomic mass is 10.3. The molecular weight excluding hydrogens is 422 g/mol. The van der Waals surface area contributed by atoms with Crippen molar-refractivity contribution in [3.8, 4) is 5.75 Å². The predicted molar refractivity (Wildman–Crippen MR) is 106 cm³/mol. The molecule has 4 rings (SSSR count). The number of halogens is 1. The van der Waals surface area contributed by atoms with Crippen molar-refractivity contribution in [3.63, 3.8) is 0 Å². The summed E-state index contributed by atoms with van der Waals surface area (Å²) in [5.74, 6) is 0.217. The van der Waals surface area contributed by atoms with Gasteiger partial charge in [0, 0.05) is 32.2 Å². The molecule has 1 aromatic carbocycles. The van der Waals surface area contributed by atoms with Gasteiger partial charge in [0.2, 0.25) is 0 Å². The Morgan fingerprint density at radius 3 is 2.68 bits per heavy atom. The van der Waals surface area contributed by atoms with Crippen LogP contribution in [0.4, 0.5) is 5.13 Å². The van der Waals surface area contributed by atoms with Gasteiger partial charge in [-0.25, -0.2) is 9.78 Å². The molecule has 0 amide bonds. The minimum absolute atomic E-state index is 0.334. The number of carbonyl (C=O) groups is 1. The van der Waals surface area contributed by atoms with E-state index in [-0.39, 0.29) is 5.97 Å². The smallest absolute Gasteiger partial charge is 0.353 e. The number of likely N-dealkylation sites (N-methyl/N-ethyl adjacent to an activating group) is 1. The van der Waals surface area contributed by atoms with E-state index in [0.29, 0.717) is 10.6 Å². The number of anilines is 1. The molecule has 0 unspecified atom stereocenters. The topological polar surface area (TPSA) is 45.7 Å². The van der Waals surface area contributed by atoms with Crippen molar-refractivity contribution in [1.29, 1.82) is 0 Å². The maximum absolute atomic E-state index is 12.2. The van der Waals surface area contributed by atoms with Crippen molar-refractivity contribution >= 4 is 59.9 Å². The van der Waals surface area contributed by atoms with Crippen molar-refractivity contribution in [2.75, 3.05) is 38.1 Å². The minimum atomic E-state index is -0.334. The van der Waals surface area contributed by atoms with Gasteiger partial charge in [-0.3, -0.25) is 0 Å². The molecule has 0 aliphatic carbocycles. The van der Waals surface area contributed by atoms with E-state index < -0.39 is 0 Å². The van der Waals surface area contributed by atoms with Crippen LogP contribution in [0.3, 0.4) is 0 Å². The van der Waals surface area contributed by atoms with Gasteiger partial charge in [-0.1, -0.05) is 11.3 Å². The number of rotatable bonds is 3. The van der Waals surface area contributed by atoms with Crippen LogP contribution in [0.5, 0.6) is 5.75 Å². The molecule has 0 saturated carbocycles. The maximum atomic E-state index is 12.2. The molecule has 0 atom stereocenters. The average molecular weight is 438 g/mol. The highest BCUT2D eigenvalue weighted by Gasteiger charge is 2.18. The Hall–Kier alpha value is -1.48. The number of nitrogens with zero attached hydrogens (tertiary/aromatic N) is 3. The van der Waals surface area contributed by atoms with E-state index >= 15 is 0 Å². The van der Waals surface area contributed by atoms with E-state index in [1.165, 1.54) is 11.3 Å². The summed E-state index contributed by atoms with van der Waals surface area (Å²) in [6.07, 6.45) is 0. The third kappa shape index (κ3) is 3.72. The number of carbonyl (C=O) groups excluding carboxylic acids is 1. The Morgan fingerprint density at radius 1 is 1.16 bits per heavy atom. The van der Waals surface area contributed by atoms with Crippen molar-refractivity contribution < 1.29 is 9.53 Å². The van der Waals surface area contributed by atoms with Gasteiger partial charge >= 0.3 is 5.97 Å². The quantitative estimate of drug-likeness (QED) is 0.455. The molecule has 1 aliphatic heterocycles. The van der Waals surface area contributed by atoms with Gasteiger partial charge in [0.15, 0.2) is 5.13 Å². The minimum Gasteiger partial charge on any atom is -0.422 e. The van der Waals surface area contributed by atoms with Gasteiger partial charge in [-0.05, 0) is 47.2 Å². The van der Waals surface area contributed by atoms with Gasteiger partial charge in [-0.15, -0.1) is 11.3 Å². The van der Waals surface area contributed by atoms with Crippen LogP contribution in [0.2, 0.25) is 0 Å². The molecule has 1 fully saturated rings. The average Bonchev–Trinajstić information content (AvgIpc) is 3.21. The highest BCUT2D eigenvalue weighted by Crippen LogP contribution is 2.32. The number of fused-ring (bicyclic) bond motifs is 1. The zero-order valence-corrected chi connectivity index (χ0v) is 16.8. The molecule has 0 bridgehead atoms. The number of hydrogen-bond donors (Lipinski definition) is 0. The fourth-order valence-electron chi connectivity index (χ4n) is 2.67. The van der Waals surface area contributed by atoms with Gasteiger partial charge in [0.25, 0.3) is 0 Å². The van der Waals surface area contributed by atoms with E-state index in [0.717, 1.165) is 45.3 Å². The van der Waals surface area contributed by atoms with Gasteiger partial charge in [0.1, 0.15) is 10.6 Å². The van der Waals surface area contributed by atoms with Gasteiger partial charge < -0.3 is 14.5 Å². The summed E-state index contributed by atoms with van der Waals surface area (Å²) in [4.78, 5) is 22.1. The van der Waals surface area contributed by atoms with E-state index in [1.807, 2.05) is 18.2 Å². The summed E-state index contributed by atoms with van der Waals surface area (Å²) in [6.45, 7) is 4.08. The fourth-order valence-corrected chi connectivity index (χ4v) is 4.98. The predicted octanol–water partition coefficient (Wildman–Crippen LogP) is 4.09. The highest BCUT2D eigenvalue weighted by molar-refractivity contribution is 9.11. The fraction of sp³-hybridized carbons (Fsp3) is 0.294. The Kier molecular flexibility index (Phi) is 4.77. The molecule has 0 N–H and O–H groups in total. The molecule has 130 valence electrons. The van der Waals surface area contributed by atoms with Crippen LogP contribution >= 0.6 is 38.6 Å². The number of aromatic nitrogens is 1. The second-order valence-corrected chi connectivity index (χ2v) is 9.38. The van der Waals surface area contributed by atoms with Crippen molar-refractivity contribution in [3.05, 3.63) is 39.0 Å². The number of thiazole rings is 1. The normalized spacial score (nSPS) is 15.7. The van der Waals surface area contributed by atoms with Crippen molar-refractivity contribution in [1.82, 2.24) is 9.88 Å². The van der Waals surface area contributed by atoms with Crippen LogP contribution in [0, 0.1) is 0 Å². The first-order valence-electron chi connectivity index (χ1n) is 7.90. The monoisotopic (exact) mass is 437 g/mol. The zero-order valence-electron chi connectivity index (χ0n) is 13.6. The van der Waals surface area contributed by atoms with Crippen LogP contribution in [-0.4, -0.2) is 49.1 Å². The molecule has 2 aromatic heterocycles. The van der Waals surface area contributed by atoms with E-state index in [9.17, 15) is 4.79 Å². The molecule has 8 heteroatoms. The molecule has 1 aliphatic rings. The number of benzene rings is 1. The maximum Gasteiger partial charge on any atom is 0.353 e. The second kappa shape index (κ2) is 7.03. The summed E-state index contributed by atoms with van der Waals surface area (Å²) in [5.41, 5.74) is 0.942. The Labute approximate surface area is 162 Å². The molecule has 25 heavy (non-hydrogen) atoms. The molecule has 0 spiro atoms. The highest BCUT2D eigenvalue weighted by atomic mass is 79.9.